The van der Waals surface area contributed by atoms with Crippen molar-refractivity contribution in [1.82, 2.24) is 0 Å². The van der Waals surface area contributed by atoms with Gasteiger partial charge in [0.25, 0.3) is 0 Å². The molecule has 1 fully saturated rings. The molecule has 0 N–H and O–H groups in total. The summed E-state index contributed by atoms with van der Waals surface area (Å²) in [6, 6.07) is 6.63. The van der Waals surface area contributed by atoms with Crippen molar-refractivity contribution in [3.63, 3.8) is 0 Å². The van der Waals surface area contributed by atoms with Gasteiger partial charge in [0, 0.05) is 10.1 Å². The van der Waals surface area contributed by atoms with Gasteiger partial charge in [0.2, 0.25) is 0 Å². The Labute approximate surface area is 78.6 Å². The largest absolute Gasteiger partial charge is 0.254 e. The van der Waals surface area contributed by atoms with Gasteiger partial charge in [-0.3, -0.25) is 4.21 Å². The van der Waals surface area contributed by atoms with Crippen LogP contribution in [-0.2, 0) is 10.8 Å². The van der Waals surface area contributed by atoms with Crippen LogP contribution in [0, 0.1) is 4.91 Å². The Morgan fingerprint density at radius 2 is 1.85 bits per heavy atom. The first-order valence-corrected chi connectivity index (χ1v) is 5.36. The average Bonchev–Trinajstić information content (AvgIpc) is 3.00. The first kappa shape index (κ1) is 8.56. The van der Waals surface area contributed by atoms with E-state index >= 15 is 0 Å². The summed E-state index contributed by atoms with van der Waals surface area (Å²) >= 11 is 0. The number of hydrogen-bond donors (Lipinski definition) is 0. The summed E-state index contributed by atoms with van der Waals surface area (Å²) in [6.07, 6.45) is 2.11. The third-order valence-corrected chi connectivity index (χ3v) is 3.82. The van der Waals surface area contributed by atoms with Crippen molar-refractivity contribution in [3.8, 4) is 0 Å². The molecule has 0 heterocycles. The van der Waals surface area contributed by atoms with E-state index in [0.29, 0.717) is 10.9 Å². The molecule has 1 atom stereocenters. The molecule has 3 nitrogen and oxygen atoms in total. The lowest BCUT2D eigenvalue weighted by molar-refractivity contribution is 0.682. The molecule has 0 saturated heterocycles. The molecule has 13 heavy (non-hydrogen) atoms. The molecule has 0 radical (unpaired) electrons. The van der Waals surface area contributed by atoms with E-state index in [1.165, 1.54) is 0 Å². The van der Waals surface area contributed by atoms with E-state index in [1.807, 2.05) is 0 Å². The summed E-state index contributed by atoms with van der Waals surface area (Å²) in [5.74, 6) is 0. The van der Waals surface area contributed by atoms with Gasteiger partial charge in [-0.1, -0.05) is 0 Å². The zero-order valence-corrected chi connectivity index (χ0v) is 7.79. The first-order chi connectivity index (χ1) is 6.31. The third-order valence-electron chi connectivity index (χ3n) is 2.00. The highest BCUT2D eigenvalue weighted by Gasteiger charge is 2.29. The second-order valence-electron chi connectivity index (χ2n) is 3.08. The molecular weight excluding hydrogens is 186 g/mol. The second-order valence-corrected chi connectivity index (χ2v) is 4.81. The lowest BCUT2D eigenvalue weighted by atomic mass is 10.3. The van der Waals surface area contributed by atoms with Crippen LogP contribution < -0.4 is 0 Å². The zero-order chi connectivity index (χ0) is 9.26. The minimum atomic E-state index is -0.878. The van der Waals surface area contributed by atoms with Crippen LogP contribution in [0.2, 0.25) is 0 Å². The van der Waals surface area contributed by atoms with E-state index in [1.54, 1.807) is 24.3 Å². The molecule has 4 heteroatoms. The summed E-state index contributed by atoms with van der Waals surface area (Å²) in [4.78, 5) is 10.9. The molecule has 1 aliphatic rings. The fourth-order valence-electron chi connectivity index (χ4n) is 1.12. The highest BCUT2D eigenvalue weighted by Crippen LogP contribution is 2.30. The molecule has 2 rings (SSSR count). The molecule has 0 amide bonds. The van der Waals surface area contributed by atoms with Crippen LogP contribution in [0.4, 0.5) is 5.69 Å². The van der Waals surface area contributed by atoms with E-state index in [2.05, 4.69) is 5.18 Å². The lowest BCUT2D eigenvalue weighted by Crippen LogP contribution is -1.96. The van der Waals surface area contributed by atoms with Crippen LogP contribution in [0.3, 0.4) is 0 Å². The summed E-state index contributed by atoms with van der Waals surface area (Å²) in [7, 11) is -0.878. The molecule has 68 valence electrons. The molecule has 1 unspecified atom stereocenters. The molecular formula is C9H9NO2S. The second kappa shape index (κ2) is 3.38. The quantitative estimate of drug-likeness (QED) is 0.695. The fraction of sp³-hybridized carbons (Fsp3) is 0.333. The first-order valence-electron chi connectivity index (χ1n) is 4.15. The van der Waals surface area contributed by atoms with Gasteiger partial charge in [-0.05, 0) is 42.3 Å². The summed E-state index contributed by atoms with van der Waals surface area (Å²) in [5.41, 5.74) is 0.386. The maximum Gasteiger partial charge on any atom is 0.108 e. The van der Waals surface area contributed by atoms with E-state index < -0.39 is 10.8 Å². The maximum atomic E-state index is 11.6. The van der Waals surface area contributed by atoms with Gasteiger partial charge >= 0.3 is 0 Å². The van der Waals surface area contributed by atoms with Gasteiger partial charge in [0.1, 0.15) is 5.69 Å². The minimum Gasteiger partial charge on any atom is -0.254 e. The highest BCUT2D eigenvalue weighted by molar-refractivity contribution is 7.86. The maximum absolute atomic E-state index is 11.6. The van der Waals surface area contributed by atoms with Crippen molar-refractivity contribution in [2.24, 2.45) is 5.18 Å². The molecule has 1 saturated carbocycles. The van der Waals surface area contributed by atoms with Crippen LogP contribution in [0.5, 0.6) is 0 Å². The van der Waals surface area contributed by atoms with Gasteiger partial charge < -0.3 is 0 Å². The summed E-state index contributed by atoms with van der Waals surface area (Å²) < 4.78 is 11.6. The number of benzene rings is 1. The van der Waals surface area contributed by atoms with E-state index in [0.717, 1.165) is 17.7 Å². The molecule has 0 aromatic heterocycles. The van der Waals surface area contributed by atoms with E-state index in [-0.39, 0.29) is 0 Å². The predicted molar refractivity (Wildman–Crippen MR) is 51.3 cm³/mol. The Hall–Kier alpha value is -1.03. The van der Waals surface area contributed by atoms with E-state index in [4.69, 9.17) is 0 Å². The molecule has 1 aliphatic carbocycles. The number of rotatable bonds is 3. The van der Waals surface area contributed by atoms with Crippen LogP contribution in [0.25, 0.3) is 0 Å². The zero-order valence-electron chi connectivity index (χ0n) is 6.97. The minimum absolute atomic E-state index is 0.343. The van der Waals surface area contributed by atoms with Crippen LogP contribution in [0.1, 0.15) is 12.8 Å². The molecule has 1 aromatic rings. The molecule has 1 aromatic carbocycles. The SMILES string of the molecule is O=Nc1ccc(S(=O)C2CC2)cc1. The topological polar surface area (TPSA) is 46.5 Å². The number of hydrogen-bond acceptors (Lipinski definition) is 3. The number of nitroso groups, excluding NO2 is 1. The van der Waals surface area contributed by atoms with Crippen molar-refractivity contribution in [1.29, 1.82) is 0 Å². The van der Waals surface area contributed by atoms with Crippen molar-refractivity contribution in [2.75, 3.05) is 0 Å². The Bertz CT molecular complexity index is 343. The molecule has 0 aliphatic heterocycles. The van der Waals surface area contributed by atoms with Gasteiger partial charge in [-0.15, -0.1) is 4.91 Å². The van der Waals surface area contributed by atoms with Crippen molar-refractivity contribution in [3.05, 3.63) is 29.2 Å². The standard InChI is InChI=1S/C9H9NO2S/c11-10-7-1-3-8(4-2-7)13(12)9-5-6-9/h1-4,9H,5-6H2. The Kier molecular flexibility index (Phi) is 2.22. The van der Waals surface area contributed by atoms with Crippen LogP contribution in [0.15, 0.2) is 34.3 Å². The fourth-order valence-corrected chi connectivity index (χ4v) is 2.47. The van der Waals surface area contributed by atoms with Gasteiger partial charge in [0.05, 0.1) is 10.8 Å². The van der Waals surface area contributed by atoms with Crippen LogP contribution >= 0.6 is 0 Å². The van der Waals surface area contributed by atoms with E-state index in [9.17, 15) is 9.12 Å². The Morgan fingerprint density at radius 3 is 2.31 bits per heavy atom. The monoisotopic (exact) mass is 195 g/mol. The number of nitrogens with zero attached hydrogens (tertiary/aromatic N) is 1. The van der Waals surface area contributed by atoms with Gasteiger partial charge in [-0.25, -0.2) is 0 Å². The highest BCUT2D eigenvalue weighted by atomic mass is 32.2. The van der Waals surface area contributed by atoms with Gasteiger partial charge in [0.15, 0.2) is 0 Å². The smallest absolute Gasteiger partial charge is 0.108 e. The average molecular weight is 195 g/mol. The van der Waals surface area contributed by atoms with Crippen LogP contribution in [-0.4, -0.2) is 9.46 Å². The molecule has 0 bridgehead atoms. The molecule has 0 spiro atoms. The predicted octanol–water partition coefficient (Wildman–Crippen LogP) is 2.35. The summed E-state index contributed by atoms with van der Waals surface area (Å²) in [5, 5.41) is 3.13. The lowest BCUT2D eigenvalue weighted by Gasteiger charge is -1.98. The van der Waals surface area contributed by atoms with Crippen molar-refractivity contribution in [2.45, 2.75) is 23.0 Å². The third kappa shape index (κ3) is 1.83. The summed E-state index contributed by atoms with van der Waals surface area (Å²) in [6.45, 7) is 0. The van der Waals surface area contributed by atoms with Crippen molar-refractivity contribution < 1.29 is 4.21 Å². The Morgan fingerprint density at radius 1 is 1.23 bits per heavy atom. The van der Waals surface area contributed by atoms with Crippen molar-refractivity contribution >= 4 is 16.5 Å². The normalized spacial score (nSPS) is 18.2. The Balaban J connectivity index is 2.21. The van der Waals surface area contributed by atoms with Gasteiger partial charge in [-0.2, -0.15) is 0 Å².